The highest BCUT2D eigenvalue weighted by Gasteiger charge is 2.26. The summed E-state index contributed by atoms with van der Waals surface area (Å²) in [7, 11) is 0. The van der Waals surface area contributed by atoms with Crippen molar-refractivity contribution < 1.29 is 9.90 Å². The maximum atomic E-state index is 11.5. The summed E-state index contributed by atoms with van der Waals surface area (Å²) in [5.74, 6) is -1.00. The van der Waals surface area contributed by atoms with Crippen molar-refractivity contribution in [2.24, 2.45) is 0 Å². The molecule has 2 aromatic heterocycles. The summed E-state index contributed by atoms with van der Waals surface area (Å²) >= 11 is 0. The van der Waals surface area contributed by atoms with Crippen LogP contribution in [0.2, 0.25) is 0 Å². The fourth-order valence-electron chi connectivity index (χ4n) is 2.62. The molecule has 0 aliphatic heterocycles. The second-order valence-corrected chi connectivity index (χ2v) is 5.25. The van der Waals surface area contributed by atoms with E-state index < -0.39 is 11.9 Å². The number of carboxylic acids is 1. The number of aryl methyl sites for hydroxylation is 1. The molecule has 0 bridgehead atoms. The average Bonchev–Trinajstić information content (AvgIpc) is 2.93. The molecule has 6 heteroatoms. The van der Waals surface area contributed by atoms with Crippen molar-refractivity contribution in [3.63, 3.8) is 0 Å². The third-order valence-corrected chi connectivity index (χ3v) is 3.72. The Bertz CT molecular complexity index is 829. The summed E-state index contributed by atoms with van der Waals surface area (Å²) in [6.45, 7) is 3.48. The fraction of sp³-hybridized carbons (Fsp3) is 0.176. The average molecular weight is 308 g/mol. The first-order chi connectivity index (χ1) is 11.1. The predicted molar refractivity (Wildman–Crippen MR) is 85.4 cm³/mol. The zero-order chi connectivity index (χ0) is 16.4. The van der Waals surface area contributed by atoms with Crippen LogP contribution in [0, 0.1) is 6.92 Å². The Kier molecular flexibility index (Phi) is 3.89. The van der Waals surface area contributed by atoms with Crippen LogP contribution >= 0.6 is 0 Å². The van der Waals surface area contributed by atoms with Gasteiger partial charge in [-0.05, 0) is 13.8 Å². The Morgan fingerprint density at radius 2 is 1.96 bits per heavy atom. The first-order valence-electron chi connectivity index (χ1n) is 7.23. The normalized spacial score (nSPS) is 12.1. The number of nitrogens with zero attached hydrogens (tertiary/aromatic N) is 4. The Morgan fingerprint density at radius 1 is 1.22 bits per heavy atom. The molecule has 0 fully saturated rings. The van der Waals surface area contributed by atoms with Crippen molar-refractivity contribution >= 4 is 5.97 Å². The molecule has 0 saturated heterocycles. The van der Waals surface area contributed by atoms with Gasteiger partial charge in [0.05, 0.1) is 23.5 Å². The molecule has 3 rings (SSSR count). The number of rotatable bonds is 4. The summed E-state index contributed by atoms with van der Waals surface area (Å²) in [6.07, 6.45) is 4.78. The molecule has 116 valence electrons. The van der Waals surface area contributed by atoms with E-state index in [4.69, 9.17) is 0 Å². The van der Waals surface area contributed by atoms with Crippen molar-refractivity contribution in [1.29, 1.82) is 0 Å². The van der Waals surface area contributed by atoms with E-state index in [0.717, 1.165) is 11.3 Å². The second kappa shape index (κ2) is 6.00. The summed E-state index contributed by atoms with van der Waals surface area (Å²) in [5.41, 5.74) is 2.99. The van der Waals surface area contributed by atoms with Gasteiger partial charge in [-0.15, -0.1) is 0 Å². The molecule has 0 amide bonds. The minimum Gasteiger partial charge on any atom is -0.481 e. The molecule has 0 aliphatic rings. The van der Waals surface area contributed by atoms with Crippen LogP contribution in [-0.2, 0) is 4.79 Å². The molecule has 0 aliphatic carbocycles. The zero-order valence-electron chi connectivity index (χ0n) is 12.8. The van der Waals surface area contributed by atoms with E-state index in [2.05, 4.69) is 15.1 Å². The monoisotopic (exact) mass is 308 g/mol. The van der Waals surface area contributed by atoms with Crippen molar-refractivity contribution in [3.05, 3.63) is 60.2 Å². The van der Waals surface area contributed by atoms with E-state index in [9.17, 15) is 9.90 Å². The minimum atomic E-state index is -0.885. The third kappa shape index (κ3) is 2.70. The zero-order valence-corrected chi connectivity index (χ0v) is 12.8. The molecule has 6 nitrogen and oxygen atoms in total. The van der Waals surface area contributed by atoms with Crippen LogP contribution in [-0.4, -0.2) is 30.8 Å². The van der Waals surface area contributed by atoms with Crippen LogP contribution in [0.5, 0.6) is 0 Å². The van der Waals surface area contributed by atoms with E-state index in [1.165, 1.54) is 0 Å². The van der Waals surface area contributed by atoms with Crippen molar-refractivity contribution in [1.82, 2.24) is 19.7 Å². The van der Waals surface area contributed by atoms with Gasteiger partial charge in [0.2, 0.25) is 0 Å². The van der Waals surface area contributed by atoms with Gasteiger partial charge in [-0.2, -0.15) is 5.10 Å². The predicted octanol–water partition coefficient (Wildman–Crippen LogP) is 2.83. The van der Waals surface area contributed by atoms with Gasteiger partial charge in [-0.25, -0.2) is 9.67 Å². The highest BCUT2D eigenvalue weighted by atomic mass is 16.4. The van der Waals surface area contributed by atoms with Crippen molar-refractivity contribution in [3.8, 4) is 17.1 Å². The number of carboxylic acid groups (broad SMARTS) is 1. The first-order valence-corrected chi connectivity index (χ1v) is 7.23. The summed E-state index contributed by atoms with van der Waals surface area (Å²) in [4.78, 5) is 19.9. The summed E-state index contributed by atoms with van der Waals surface area (Å²) in [6, 6.07) is 9.60. The molecule has 1 N–H and O–H groups in total. The van der Waals surface area contributed by atoms with Crippen LogP contribution in [0.1, 0.15) is 24.1 Å². The highest BCUT2D eigenvalue weighted by Crippen LogP contribution is 2.33. The minimum absolute atomic E-state index is 0.554. The van der Waals surface area contributed by atoms with Gasteiger partial charge in [-0.3, -0.25) is 9.78 Å². The lowest BCUT2D eigenvalue weighted by molar-refractivity contribution is -0.138. The number of aliphatic carboxylic acids is 1. The molecule has 3 aromatic rings. The molecule has 23 heavy (non-hydrogen) atoms. The molecule has 0 saturated carbocycles. The molecular weight excluding hydrogens is 292 g/mol. The van der Waals surface area contributed by atoms with Gasteiger partial charge in [0.1, 0.15) is 0 Å². The van der Waals surface area contributed by atoms with E-state index in [1.54, 1.807) is 30.2 Å². The second-order valence-electron chi connectivity index (χ2n) is 5.25. The molecule has 2 heterocycles. The number of hydrogen-bond donors (Lipinski definition) is 1. The summed E-state index contributed by atoms with van der Waals surface area (Å²) in [5, 5.41) is 14.0. The number of benzene rings is 1. The van der Waals surface area contributed by atoms with E-state index in [1.807, 2.05) is 37.3 Å². The molecule has 1 unspecified atom stereocenters. The maximum Gasteiger partial charge on any atom is 0.310 e. The molecule has 0 spiro atoms. The molecular formula is C17H16N4O2. The van der Waals surface area contributed by atoms with Crippen molar-refractivity contribution in [2.75, 3.05) is 0 Å². The van der Waals surface area contributed by atoms with Crippen molar-refractivity contribution in [2.45, 2.75) is 19.8 Å². The van der Waals surface area contributed by atoms with Crippen LogP contribution in [0.3, 0.4) is 0 Å². The first kappa shape index (κ1) is 14.9. The Morgan fingerprint density at radius 3 is 2.57 bits per heavy atom. The van der Waals surface area contributed by atoms with Gasteiger partial charge in [0, 0.05) is 23.5 Å². The number of aromatic nitrogens is 4. The van der Waals surface area contributed by atoms with Gasteiger partial charge in [0.15, 0.2) is 5.82 Å². The SMILES string of the molecule is Cc1nn(-c2cnccn2)c(-c2ccccc2)c1C(C)C(=O)O. The molecule has 0 radical (unpaired) electrons. The van der Waals surface area contributed by atoms with Gasteiger partial charge in [-0.1, -0.05) is 30.3 Å². The van der Waals surface area contributed by atoms with E-state index in [0.29, 0.717) is 17.1 Å². The van der Waals surface area contributed by atoms with Crippen LogP contribution < -0.4 is 0 Å². The summed E-state index contributed by atoms with van der Waals surface area (Å²) < 4.78 is 1.66. The van der Waals surface area contributed by atoms with Crippen LogP contribution in [0.4, 0.5) is 0 Å². The van der Waals surface area contributed by atoms with Gasteiger partial charge in [0.25, 0.3) is 0 Å². The van der Waals surface area contributed by atoms with Gasteiger partial charge < -0.3 is 5.11 Å². The largest absolute Gasteiger partial charge is 0.481 e. The number of hydrogen-bond acceptors (Lipinski definition) is 4. The smallest absolute Gasteiger partial charge is 0.310 e. The standard InChI is InChI=1S/C17H16N4O2/c1-11(17(22)23)15-12(2)20-21(14-10-18-8-9-19-14)16(15)13-6-4-3-5-7-13/h3-11H,1-2H3,(H,22,23). The van der Waals surface area contributed by atoms with E-state index >= 15 is 0 Å². The quantitative estimate of drug-likeness (QED) is 0.801. The highest BCUT2D eigenvalue weighted by molar-refractivity contribution is 5.80. The Labute approximate surface area is 133 Å². The Hall–Kier alpha value is -3.02. The van der Waals surface area contributed by atoms with Gasteiger partial charge >= 0.3 is 5.97 Å². The Balaban J connectivity index is 2.30. The topological polar surface area (TPSA) is 80.9 Å². The lowest BCUT2D eigenvalue weighted by atomic mass is 9.95. The molecule has 1 atom stereocenters. The van der Waals surface area contributed by atoms with E-state index in [-0.39, 0.29) is 0 Å². The van der Waals surface area contributed by atoms with Crippen LogP contribution in [0.25, 0.3) is 17.1 Å². The lowest BCUT2D eigenvalue weighted by Crippen LogP contribution is -2.10. The molecule has 1 aromatic carbocycles. The maximum absolute atomic E-state index is 11.5. The van der Waals surface area contributed by atoms with Crippen LogP contribution in [0.15, 0.2) is 48.9 Å². The third-order valence-electron chi connectivity index (χ3n) is 3.72. The number of carbonyl (C=O) groups is 1. The fourth-order valence-corrected chi connectivity index (χ4v) is 2.62. The lowest BCUT2D eigenvalue weighted by Gasteiger charge is -2.11.